The van der Waals surface area contributed by atoms with E-state index in [2.05, 4.69) is 15.0 Å². The Morgan fingerprint density at radius 1 is 1.77 bits per heavy atom. The van der Waals surface area contributed by atoms with Gasteiger partial charge in [-0.1, -0.05) is 5.16 Å². The predicted octanol–water partition coefficient (Wildman–Crippen LogP) is 0.740. The van der Waals surface area contributed by atoms with Crippen LogP contribution >= 0.6 is 0 Å². The first-order valence-electron chi connectivity index (χ1n) is 3.96. The van der Waals surface area contributed by atoms with E-state index in [4.69, 9.17) is 5.73 Å². The van der Waals surface area contributed by atoms with E-state index in [1.807, 2.05) is 0 Å². The molecule has 13 heavy (non-hydrogen) atoms. The first-order chi connectivity index (χ1) is 5.97. The van der Waals surface area contributed by atoms with Gasteiger partial charge in [0.2, 0.25) is 5.91 Å². The van der Waals surface area contributed by atoms with Crippen molar-refractivity contribution in [1.29, 1.82) is 0 Å². The van der Waals surface area contributed by atoms with Gasteiger partial charge in [-0.15, -0.1) is 0 Å². The van der Waals surface area contributed by atoms with Crippen LogP contribution in [-0.2, 0) is 4.79 Å². The molecule has 0 unspecified atom stereocenters. The van der Waals surface area contributed by atoms with Crippen LogP contribution in [0.1, 0.15) is 20.3 Å². The first kappa shape index (κ1) is 9.73. The third kappa shape index (κ3) is 3.71. The van der Waals surface area contributed by atoms with Crippen LogP contribution in [0.25, 0.3) is 0 Å². The summed E-state index contributed by atoms with van der Waals surface area (Å²) >= 11 is 0. The van der Waals surface area contributed by atoms with Gasteiger partial charge in [-0.05, 0) is 13.8 Å². The first-order valence-corrected chi connectivity index (χ1v) is 3.96. The maximum absolute atomic E-state index is 11.3. The van der Waals surface area contributed by atoms with Gasteiger partial charge >= 0.3 is 0 Å². The molecule has 1 heterocycles. The van der Waals surface area contributed by atoms with Crippen LogP contribution in [0.5, 0.6) is 0 Å². The number of nitrogens with two attached hydrogens (primary N) is 1. The lowest BCUT2D eigenvalue weighted by Gasteiger charge is -2.16. The van der Waals surface area contributed by atoms with E-state index in [1.165, 1.54) is 6.26 Å². The van der Waals surface area contributed by atoms with Gasteiger partial charge in [-0.25, -0.2) is 0 Å². The summed E-state index contributed by atoms with van der Waals surface area (Å²) < 4.78 is 4.55. The highest BCUT2D eigenvalue weighted by Gasteiger charge is 2.16. The fourth-order valence-corrected chi connectivity index (χ4v) is 0.878. The Labute approximate surface area is 76.3 Å². The molecule has 72 valence electrons. The Balaban J connectivity index is 2.43. The van der Waals surface area contributed by atoms with E-state index in [1.54, 1.807) is 19.9 Å². The van der Waals surface area contributed by atoms with Crippen molar-refractivity contribution in [3.8, 4) is 0 Å². The van der Waals surface area contributed by atoms with Crippen molar-refractivity contribution in [3.05, 3.63) is 12.3 Å². The number of rotatable bonds is 3. The number of amides is 1. The third-order valence-electron chi connectivity index (χ3n) is 1.32. The minimum Gasteiger partial charge on any atom is -0.363 e. The highest BCUT2D eigenvalue weighted by atomic mass is 16.5. The van der Waals surface area contributed by atoms with Gasteiger partial charge in [0.1, 0.15) is 6.26 Å². The Kier molecular flexibility index (Phi) is 2.67. The molecule has 3 N–H and O–H groups in total. The van der Waals surface area contributed by atoms with Gasteiger partial charge in [0.25, 0.3) is 0 Å². The fraction of sp³-hybridized carbons (Fsp3) is 0.500. The topological polar surface area (TPSA) is 81.2 Å². The minimum absolute atomic E-state index is 0.165. The van der Waals surface area contributed by atoms with Crippen molar-refractivity contribution in [2.24, 2.45) is 5.73 Å². The van der Waals surface area contributed by atoms with Crippen molar-refractivity contribution in [1.82, 2.24) is 5.16 Å². The van der Waals surface area contributed by atoms with Crippen LogP contribution < -0.4 is 11.1 Å². The Morgan fingerprint density at radius 2 is 2.46 bits per heavy atom. The average molecular weight is 183 g/mol. The molecule has 0 atom stereocenters. The lowest BCUT2D eigenvalue weighted by Crippen LogP contribution is -2.36. The molecule has 5 heteroatoms. The normalized spacial score (nSPS) is 11.3. The summed E-state index contributed by atoms with van der Waals surface area (Å²) in [6, 6.07) is 1.57. The molecule has 0 bridgehead atoms. The molecule has 1 amide bonds. The van der Waals surface area contributed by atoms with Crippen LogP contribution in [0.3, 0.4) is 0 Å². The van der Waals surface area contributed by atoms with Crippen molar-refractivity contribution >= 4 is 11.7 Å². The monoisotopic (exact) mass is 183 g/mol. The Morgan fingerprint density at radius 3 is 2.92 bits per heavy atom. The van der Waals surface area contributed by atoms with E-state index in [0.29, 0.717) is 5.82 Å². The number of nitrogens with zero attached hydrogens (tertiary/aromatic N) is 1. The van der Waals surface area contributed by atoms with Gasteiger partial charge < -0.3 is 15.6 Å². The van der Waals surface area contributed by atoms with Crippen molar-refractivity contribution in [2.45, 2.75) is 25.8 Å². The highest BCUT2D eigenvalue weighted by Crippen LogP contribution is 2.07. The second-order valence-electron chi connectivity index (χ2n) is 3.60. The predicted molar refractivity (Wildman–Crippen MR) is 48.0 cm³/mol. The van der Waals surface area contributed by atoms with Crippen LogP contribution in [0, 0.1) is 0 Å². The van der Waals surface area contributed by atoms with Gasteiger partial charge in [-0.2, -0.15) is 0 Å². The molecule has 5 nitrogen and oxygen atoms in total. The molecule has 0 spiro atoms. The van der Waals surface area contributed by atoms with E-state index in [9.17, 15) is 4.79 Å². The number of hydrogen-bond acceptors (Lipinski definition) is 4. The standard InChI is InChI=1S/C8H13N3O2/c1-8(2,9)5-7(12)10-6-3-4-13-11-6/h3-4H,5,9H2,1-2H3,(H,10,11,12). The van der Waals surface area contributed by atoms with Crippen LogP contribution in [0.2, 0.25) is 0 Å². The van der Waals surface area contributed by atoms with E-state index in [-0.39, 0.29) is 12.3 Å². The summed E-state index contributed by atoms with van der Waals surface area (Å²) in [7, 11) is 0. The second kappa shape index (κ2) is 3.57. The minimum atomic E-state index is -0.506. The SMILES string of the molecule is CC(C)(N)CC(=O)Nc1ccon1. The molecule has 1 aromatic heterocycles. The molecule has 1 rings (SSSR count). The lowest BCUT2D eigenvalue weighted by molar-refractivity contribution is -0.117. The molecule has 0 aliphatic carbocycles. The zero-order valence-electron chi connectivity index (χ0n) is 7.70. The molecule has 0 saturated heterocycles. The number of nitrogens with one attached hydrogen (secondary N) is 1. The van der Waals surface area contributed by atoms with Gasteiger partial charge in [-0.3, -0.25) is 4.79 Å². The van der Waals surface area contributed by atoms with E-state index < -0.39 is 5.54 Å². The molecular formula is C8H13N3O2. The molecule has 0 aliphatic heterocycles. The maximum atomic E-state index is 11.3. The van der Waals surface area contributed by atoms with Crippen molar-refractivity contribution in [3.63, 3.8) is 0 Å². The second-order valence-corrected chi connectivity index (χ2v) is 3.60. The number of anilines is 1. The van der Waals surface area contributed by atoms with Gasteiger partial charge in [0, 0.05) is 18.0 Å². The zero-order chi connectivity index (χ0) is 9.90. The molecule has 0 saturated carbocycles. The molecular weight excluding hydrogens is 170 g/mol. The third-order valence-corrected chi connectivity index (χ3v) is 1.32. The summed E-state index contributed by atoms with van der Waals surface area (Å²) in [6.45, 7) is 3.57. The summed E-state index contributed by atoms with van der Waals surface area (Å²) in [6.07, 6.45) is 1.64. The lowest BCUT2D eigenvalue weighted by atomic mass is 10.0. The number of aromatic nitrogens is 1. The summed E-state index contributed by atoms with van der Waals surface area (Å²) in [4.78, 5) is 11.3. The smallest absolute Gasteiger partial charge is 0.227 e. The van der Waals surface area contributed by atoms with Crippen molar-refractivity contribution in [2.75, 3.05) is 5.32 Å². The van der Waals surface area contributed by atoms with Crippen LogP contribution in [0.4, 0.5) is 5.82 Å². The van der Waals surface area contributed by atoms with Gasteiger partial charge in [0.15, 0.2) is 5.82 Å². The number of hydrogen-bond donors (Lipinski definition) is 2. The fourth-order valence-electron chi connectivity index (χ4n) is 0.878. The summed E-state index contributed by atoms with van der Waals surface area (Å²) in [5, 5.41) is 6.09. The zero-order valence-corrected chi connectivity index (χ0v) is 7.70. The number of carbonyl (C=O) groups excluding carboxylic acids is 1. The highest BCUT2D eigenvalue weighted by molar-refractivity contribution is 5.90. The molecule has 0 fully saturated rings. The summed E-state index contributed by atoms with van der Waals surface area (Å²) in [5.41, 5.74) is 5.15. The Hall–Kier alpha value is -1.36. The maximum Gasteiger partial charge on any atom is 0.227 e. The largest absolute Gasteiger partial charge is 0.363 e. The van der Waals surface area contributed by atoms with Crippen molar-refractivity contribution < 1.29 is 9.32 Å². The molecule has 0 radical (unpaired) electrons. The molecule has 0 aliphatic rings. The van der Waals surface area contributed by atoms with Crippen LogP contribution in [-0.4, -0.2) is 16.6 Å². The molecule has 1 aromatic rings. The van der Waals surface area contributed by atoms with Crippen LogP contribution in [0.15, 0.2) is 16.9 Å². The summed E-state index contributed by atoms with van der Waals surface area (Å²) in [5.74, 6) is 0.246. The number of carbonyl (C=O) groups is 1. The van der Waals surface area contributed by atoms with E-state index in [0.717, 1.165) is 0 Å². The van der Waals surface area contributed by atoms with Gasteiger partial charge in [0.05, 0.1) is 0 Å². The molecule has 0 aromatic carbocycles. The Bertz CT molecular complexity index is 274. The quantitative estimate of drug-likeness (QED) is 0.724. The average Bonchev–Trinajstić information content (AvgIpc) is 2.34. The van der Waals surface area contributed by atoms with E-state index >= 15 is 0 Å².